The van der Waals surface area contributed by atoms with Crippen LogP contribution in [0.25, 0.3) is 0 Å². The molecule has 0 aliphatic heterocycles. The molecule has 0 unspecified atom stereocenters. The molecule has 1 aromatic heterocycles. The fraction of sp³-hybridized carbons (Fsp3) is 0.154. The van der Waals surface area contributed by atoms with E-state index in [9.17, 15) is 4.79 Å². The quantitative estimate of drug-likeness (QED) is 0.848. The van der Waals surface area contributed by atoms with E-state index in [1.54, 1.807) is 12.1 Å². The van der Waals surface area contributed by atoms with E-state index in [4.69, 9.17) is 10.4 Å². The molecule has 5 nitrogen and oxygen atoms in total. The summed E-state index contributed by atoms with van der Waals surface area (Å²) in [5, 5.41) is 17.3. The van der Waals surface area contributed by atoms with Gasteiger partial charge in [-0.15, -0.1) is 0 Å². The number of carbonyl (C=O) groups is 1. The number of rotatable bonds is 4. The molecule has 2 N–H and O–H groups in total. The number of aromatic amines is 1. The summed E-state index contributed by atoms with van der Waals surface area (Å²) < 4.78 is 0. The first-order chi connectivity index (χ1) is 8.67. The minimum absolute atomic E-state index is 0.0552. The van der Waals surface area contributed by atoms with Crippen LogP contribution in [0, 0.1) is 11.3 Å². The van der Waals surface area contributed by atoms with Crippen molar-refractivity contribution in [1.29, 1.82) is 5.26 Å². The van der Waals surface area contributed by atoms with Crippen LogP contribution in [0.2, 0.25) is 0 Å². The summed E-state index contributed by atoms with van der Waals surface area (Å²) in [5.41, 5.74) is 2.22. The third kappa shape index (κ3) is 2.95. The number of carboxylic acids is 1. The number of carboxylic acid groups (broad SMARTS) is 1. The maximum absolute atomic E-state index is 10.5. The van der Waals surface area contributed by atoms with Gasteiger partial charge in [0.1, 0.15) is 5.82 Å². The fourth-order valence-electron chi connectivity index (χ4n) is 1.64. The van der Waals surface area contributed by atoms with Gasteiger partial charge in [0.25, 0.3) is 0 Å². The summed E-state index contributed by atoms with van der Waals surface area (Å²) in [4.78, 5) is 17.6. The Labute approximate surface area is 104 Å². The van der Waals surface area contributed by atoms with Crippen molar-refractivity contribution in [2.24, 2.45) is 0 Å². The number of nitrogens with zero attached hydrogens (tertiary/aromatic N) is 2. The van der Waals surface area contributed by atoms with E-state index in [1.165, 1.54) is 6.20 Å². The maximum Gasteiger partial charge on any atom is 0.309 e. The van der Waals surface area contributed by atoms with E-state index in [0.29, 0.717) is 17.7 Å². The van der Waals surface area contributed by atoms with Crippen LogP contribution >= 0.6 is 0 Å². The average molecular weight is 241 g/mol. The Balaban J connectivity index is 2.06. The smallest absolute Gasteiger partial charge is 0.309 e. The fourth-order valence-corrected chi connectivity index (χ4v) is 1.64. The number of hydrogen-bond donors (Lipinski definition) is 2. The molecule has 0 saturated carbocycles. The van der Waals surface area contributed by atoms with Crippen LogP contribution < -0.4 is 0 Å². The van der Waals surface area contributed by atoms with Gasteiger partial charge in [0.2, 0.25) is 0 Å². The van der Waals surface area contributed by atoms with Gasteiger partial charge in [-0.05, 0) is 17.7 Å². The molecule has 2 rings (SSSR count). The van der Waals surface area contributed by atoms with Gasteiger partial charge < -0.3 is 10.1 Å². The van der Waals surface area contributed by atoms with Crippen molar-refractivity contribution in [3.05, 3.63) is 53.1 Å². The summed E-state index contributed by atoms with van der Waals surface area (Å²) in [7, 11) is 0. The summed E-state index contributed by atoms with van der Waals surface area (Å²) in [6.45, 7) is 0. The van der Waals surface area contributed by atoms with Crippen LogP contribution in [-0.2, 0) is 17.6 Å². The van der Waals surface area contributed by atoms with Crippen molar-refractivity contribution in [1.82, 2.24) is 9.97 Å². The molecule has 0 bridgehead atoms. The molecule has 0 fully saturated rings. The van der Waals surface area contributed by atoms with E-state index in [-0.39, 0.29) is 6.42 Å². The highest BCUT2D eigenvalue weighted by atomic mass is 16.4. The average Bonchev–Trinajstić information content (AvgIpc) is 2.76. The second-order valence-corrected chi connectivity index (χ2v) is 3.91. The highest BCUT2D eigenvalue weighted by molar-refractivity contribution is 5.69. The molecular formula is C13H11N3O2. The van der Waals surface area contributed by atoms with E-state index < -0.39 is 5.97 Å². The van der Waals surface area contributed by atoms with Crippen LogP contribution in [0.5, 0.6) is 0 Å². The summed E-state index contributed by atoms with van der Waals surface area (Å²) in [6, 6.07) is 9.27. The third-order valence-electron chi connectivity index (χ3n) is 2.48. The van der Waals surface area contributed by atoms with Gasteiger partial charge in [0, 0.05) is 18.3 Å². The summed E-state index contributed by atoms with van der Waals surface area (Å²) >= 11 is 0. The van der Waals surface area contributed by atoms with Crippen molar-refractivity contribution in [3.8, 4) is 6.07 Å². The largest absolute Gasteiger partial charge is 0.481 e. The van der Waals surface area contributed by atoms with Crippen molar-refractivity contribution < 1.29 is 9.90 Å². The molecule has 2 aromatic rings. The van der Waals surface area contributed by atoms with Crippen LogP contribution in [0.4, 0.5) is 0 Å². The second-order valence-electron chi connectivity index (χ2n) is 3.91. The molecule has 0 aliphatic rings. The monoisotopic (exact) mass is 241 g/mol. The zero-order chi connectivity index (χ0) is 13.0. The predicted molar refractivity (Wildman–Crippen MR) is 63.9 cm³/mol. The first kappa shape index (κ1) is 11.9. The van der Waals surface area contributed by atoms with Crippen molar-refractivity contribution in [2.45, 2.75) is 12.8 Å². The topological polar surface area (TPSA) is 89.8 Å². The van der Waals surface area contributed by atoms with Crippen LogP contribution in [0.1, 0.15) is 22.6 Å². The van der Waals surface area contributed by atoms with Crippen molar-refractivity contribution >= 4 is 5.97 Å². The van der Waals surface area contributed by atoms with Gasteiger partial charge in [-0.25, -0.2) is 4.98 Å². The molecular weight excluding hydrogens is 230 g/mol. The van der Waals surface area contributed by atoms with E-state index in [2.05, 4.69) is 16.0 Å². The minimum atomic E-state index is -0.886. The first-order valence-corrected chi connectivity index (χ1v) is 5.41. The highest BCUT2D eigenvalue weighted by Crippen LogP contribution is 2.08. The Morgan fingerprint density at radius 1 is 1.39 bits per heavy atom. The lowest BCUT2D eigenvalue weighted by Crippen LogP contribution is -2.00. The Morgan fingerprint density at radius 2 is 2.11 bits per heavy atom. The van der Waals surface area contributed by atoms with Crippen molar-refractivity contribution in [2.75, 3.05) is 0 Å². The molecule has 0 saturated heterocycles. The molecule has 0 aliphatic carbocycles. The molecule has 1 heterocycles. The summed E-state index contributed by atoms with van der Waals surface area (Å²) in [5.74, 6) is -0.167. The Kier molecular flexibility index (Phi) is 3.39. The number of nitriles is 1. The number of nitrogens with one attached hydrogen (secondary N) is 1. The van der Waals surface area contributed by atoms with Crippen LogP contribution in [0.15, 0.2) is 30.5 Å². The number of aromatic nitrogens is 2. The van der Waals surface area contributed by atoms with E-state index >= 15 is 0 Å². The summed E-state index contributed by atoms with van der Waals surface area (Å²) in [6.07, 6.45) is 2.07. The zero-order valence-electron chi connectivity index (χ0n) is 9.55. The first-order valence-electron chi connectivity index (χ1n) is 5.41. The van der Waals surface area contributed by atoms with E-state index in [1.807, 2.05) is 12.1 Å². The van der Waals surface area contributed by atoms with E-state index in [0.717, 1.165) is 11.4 Å². The lowest BCUT2D eigenvalue weighted by Gasteiger charge is -1.98. The SMILES string of the molecule is N#Cc1ccc(Cc2ncc(CC(=O)O)[nH]2)cc1. The van der Waals surface area contributed by atoms with Crippen molar-refractivity contribution in [3.63, 3.8) is 0 Å². The molecule has 0 spiro atoms. The Hall–Kier alpha value is -2.61. The highest BCUT2D eigenvalue weighted by Gasteiger charge is 2.05. The second kappa shape index (κ2) is 5.15. The minimum Gasteiger partial charge on any atom is -0.481 e. The maximum atomic E-state index is 10.5. The Bertz CT molecular complexity index is 593. The number of imidazole rings is 1. The van der Waals surface area contributed by atoms with Gasteiger partial charge in [0.15, 0.2) is 0 Å². The molecule has 0 radical (unpaired) electrons. The molecule has 5 heteroatoms. The Morgan fingerprint density at radius 3 is 2.72 bits per heavy atom. The molecule has 90 valence electrons. The number of hydrogen-bond acceptors (Lipinski definition) is 3. The van der Waals surface area contributed by atoms with Gasteiger partial charge in [-0.3, -0.25) is 4.79 Å². The van der Waals surface area contributed by atoms with Gasteiger partial charge in [-0.1, -0.05) is 12.1 Å². The zero-order valence-corrected chi connectivity index (χ0v) is 9.55. The van der Waals surface area contributed by atoms with Crippen LogP contribution in [0.3, 0.4) is 0 Å². The molecule has 1 aromatic carbocycles. The molecule has 0 atom stereocenters. The normalized spacial score (nSPS) is 9.94. The predicted octanol–water partition coefficient (Wildman–Crippen LogP) is 1.50. The van der Waals surface area contributed by atoms with Gasteiger partial charge in [-0.2, -0.15) is 5.26 Å². The van der Waals surface area contributed by atoms with Crippen LogP contribution in [-0.4, -0.2) is 21.0 Å². The molecule has 0 amide bonds. The number of H-pyrrole nitrogens is 1. The lowest BCUT2D eigenvalue weighted by atomic mass is 10.1. The number of benzene rings is 1. The number of aliphatic carboxylic acids is 1. The molecule has 18 heavy (non-hydrogen) atoms. The lowest BCUT2D eigenvalue weighted by molar-refractivity contribution is -0.136. The third-order valence-corrected chi connectivity index (χ3v) is 2.48. The van der Waals surface area contributed by atoms with Gasteiger partial charge in [0.05, 0.1) is 18.1 Å². The standard InChI is InChI=1S/C13H11N3O2/c14-7-10-3-1-9(2-4-10)5-12-15-8-11(16-12)6-13(17)18/h1-4,8H,5-6H2,(H,15,16)(H,17,18). The van der Waals surface area contributed by atoms with Gasteiger partial charge >= 0.3 is 5.97 Å².